The number of nitrogens with zero attached hydrogens (tertiary/aromatic N) is 2. The molecule has 0 unspecified atom stereocenters. The molecule has 1 heterocycles. The Labute approximate surface area is 137 Å². The number of halogens is 2. The van der Waals surface area contributed by atoms with E-state index >= 15 is 0 Å². The minimum atomic E-state index is 0.119. The Morgan fingerprint density at radius 1 is 1.20 bits per heavy atom. The molecule has 2 rings (SSSR count). The van der Waals surface area contributed by atoms with E-state index < -0.39 is 0 Å². The maximum Gasteiger partial charge on any atom is 0.255 e. The summed E-state index contributed by atoms with van der Waals surface area (Å²) in [4.78, 5) is 16.9. The van der Waals surface area contributed by atoms with Gasteiger partial charge >= 0.3 is 0 Å². The molecule has 0 spiro atoms. The molecule has 1 fully saturated rings. The molecule has 1 saturated heterocycles. The predicted molar refractivity (Wildman–Crippen MR) is 89.0 cm³/mol. The minimum Gasteiger partial charge on any atom is -0.336 e. The van der Waals surface area contributed by atoms with Crippen LogP contribution in [0.3, 0.4) is 0 Å². The topological polar surface area (TPSA) is 23.6 Å². The highest BCUT2D eigenvalue weighted by Crippen LogP contribution is 2.23. The molecule has 110 valence electrons. The zero-order valence-corrected chi connectivity index (χ0v) is 15.1. The van der Waals surface area contributed by atoms with Gasteiger partial charge in [-0.05, 0) is 40.0 Å². The van der Waals surface area contributed by atoms with Crippen LogP contribution in [-0.2, 0) is 0 Å². The van der Waals surface area contributed by atoms with Crippen molar-refractivity contribution in [2.75, 3.05) is 32.7 Å². The van der Waals surface area contributed by atoms with Crippen LogP contribution in [0, 0.1) is 5.92 Å². The molecule has 1 aromatic rings. The lowest BCUT2D eigenvalue weighted by molar-refractivity contribution is 0.0623. The summed E-state index contributed by atoms with van der Waals surface area (Å²) in [6, 6.07) is 5.70. The smallest absolute Gasteiger partial charge is 0.255 e. The van der Waals surface area contributed by atoms with Gasteiger partial charge in [-0.15, -0.1) is 0 Å². The van der Waals surface area contributed by atoms with Crippen LogP contribution in [0.25, 0.3) is 0 Å². The SMILES string of the molecule is CC(C)CN1CCN(C(=O)c2ccc(Br)cc2Br)CC1. The third kappa shape index (κ3) is 4.06. The van der Waals surface area contributed by atoms with Gasteiger partial charge in [-0.1, -0.05) is 29.8 Å². The number of piperazine rings is 1. The van der Waals surface area contributed by atoms with Crippen molar-refractivity contribution in [3.05, 3.63) is 32.7 Å². The van der Waals surface area contributed by atoms with E-state index in [0.717, 1.165) is 47.2 Å². The normalized spacial score (nSPS) is 16.8. The van der Waals surface area contributed by atoms with Crippen LogP contribution in [-0.4, -0.2) is 48.4 Å². The average Bonchev–Trinajstić information content (AvgIpc) is 2.38. The van der Waals surface area contributed by atoms with E-state index in [4.69, 9.17) is 0 Å². The number of hydrogen-bond acceptors (Lipinski definition) is 2. The highest BCUT2D eigenvalue weighted by molar-refractivity contribution is 9.11. The highest BCUT2D eigenvalue weighted by Gasteiger charge is 2.23. The lowest BCUT2D eigenvalue weighted by Gasteiger charge is -2.35. The first kappa shape index (κ1) is 16.0. The maximum absolute atomic E-state index is 12.5. The molecule has 0 radical (unpaired) electrons. The summed E-state index contributed by atoms with van der Waals surface area (Å²) in [6.07, 6.45) is 0. The Bertz CT molecular complexity index is 483. The van der Waals surface area contributed by atoms with Crippen LogP contribution in [0.1, 0.15) is 24.2 Å². The number of benzene rings is 1. The molecule has 0 atom stereocenters. The third-order valence-corrected chi connectivity index (χ3v) is 4.59. The lowest BCUT2D eigenvalue weighted by atomic mass is 10.1. The van der Waals surface area contributed by atoms with Gasteiger partial charge in [0.25, 0.3) is 5.91 Å². The Kier molecular flexibility index (Phi) is 5.64. The number of carbonyl (C=O) groups excluding carboxylic acids is 1. The zero-order valence-electron chi connectivity index (χ0n) is 11.9. The van der Waals surface area contributed by atoms with Crippen molar-refractivity contribution in [3.8, 4) is 0 Å². The Balaban J connectivity index is 1.98. The molecule has 5 heteroatoms. The summed E-state index contributed by atoms with van der Waals surface area (Å²) in [5.41, 5.74) is 0.741. The molecule has 1 aliphatic heterocycles. The summed E-state index contributed by atoms with van der Waals surface area (Å²) in [7, 11) is 0. The maximum atomic E-state index is 12.5. The van der Waals surface area contributed by atoms with E-state index in [1.54, 1.807) is 0 Å². The first-order chi connectivity index (χ1) is 9.47. The molecule has 0 saturated carbocycles. The fraction of sp³-hybridized carbons (Fsp3) is 0.533. The van der Waals surface area contributed by atoms with E-state index in [1.807, 2.05) is 23.1 Å². The summed E-state index contributed by atoms with van der Waals surface area (Å²) in [5, 5.41) is 0. The Morgan fingerprint density at radius 3 is 2.40 bits per heavy atom. The second-order valence-corrected chi connectivity index (χ2v) is 7.38. The van der Waals surface area contributed by atoms with E-state index in [-0.39, 0.29) is 5.91 Å². The van der Waals surface area contributed by atoms with Crippen LogP contribution < -0.4 is 0 Å². The molecule has 0 aliphatic carbocycles. The van der Waals surface area contributed by atoms with Gasteiger partial charge in [0.1, 0.15) is 0 Å². The molecule has 0 N–H and O–H groups in total. The van der Waals surface area contributed by atoms with Gasteiger partial charge in [0.2, 0.25) is 0 Å². The fourth-order valence-corrected chi connectivity index (χ4v) is 3.70. The van der Waals surface area contributed by atoms with Gasteiger partial charge in [0.05, 0.1) is 5.56 Å². The van der Waals surface area contributed by atoms with Crippen molar-refractivity contribution in [3.63, 3.8) is 0 Å². The van der Waals surface area contributed by atoms with Crippen molar-refractivity contribution < 1.29 is 4.79 Å². The standard InChI is InChI=1S/C15H20Br2N2O/c1-11(2)10-18-5-7-19(8-6-18)15(20)13-4-3-12(16)9-14(13)17/h3-4,9,11H,5-8,10H2,1-2H3. The predicted octanol–water partition coefficient (Wildman–Crippen LogP) is 3.63. The number of amides is 1. The average molecular weight is 404 g/mol. The Morgan fingerprint density at radius 2 is 1.85 bits per heavy atom. The highest BCUT2D eigenvalue weighted by atomic mass is 79.9. The molecule has 0 aromatic heterocycles. The zero-order chi connectivity index (χ0) is 14.7. The van der Waals surface area contributed by atoms with Crippen molar-refractivity contribution >= 4 is 37.8 Å². The lowest BCUT2D eigenvalue weighted by Crippen LogP contribution is -2.49. The molecular weight excluding hydrogens is 384 g/mol. The van der Waals surface area contributed by atoms with Crippen LogP contribution in [0.2, 0.25) is 0 Å². The summed E-state index contributed by atoms with van der Waals surface area (Å²) >= 11 is 6.88. The van der Waals surface area contributed by atoms with Crippen LogP contribution in [0.15, 0.2) is 27.1 Å². The minimum absolute atomic E-state index is 0.119. The van der Waals surface area contributed by atoms with E-state index in [9.17, 15) is 4.79 Å². The van der Waals surface area contributed by atoms with Crippen molar-refractivity contribution in [2.24, 2.45) is 5.92 Å². The van der Waals surface area contributed by atoms with Gasteiger partial charge in [-0.2, -0.15) is 0 Å². The summed E-state index contributed by atoms with van der Waals surface area (Å²) in [5.74, 6) is 0.798. The third-order valence-electron chi connectivity index (χ3n) is 3.44. The number of carbonyl (C=O) groups is 1. The van der Waals surface area contributed by atoms with Crippen molar-refractivity contribution in [1.82, 2.24) is 9.80 Å². The molecule has 1 aliphatic rings. The largest absolute Gasteiger partial charge is 0.336 e. The molecule has 1 amide bonds. The van der Waals surface area contributed by atoms with E-state index in [2.05, 4.69) is 50.6 Å². The molecule has 0 bridgehead atoms. The van der Waals surface area contributed by atoms with Crippen molar-refractivity contribution in [1.29, 1.82) is 0 Å². The van der Waals surface area contributed by atoms with E-state index in [0.29, 0.717) is 5.92 Å². The van der Waals surface area contributed by atoms with Crippen molar-refractivity contribution in [2.45, 2.75) is 13.8 Å². The van der Waals surface area contributed by atoms with Gasteiger partial charge in [-0.25, -0.2) is 0 Å². The monoisotopic (exact) mass is 402 g/mol. The Hall–Kier alpha value is -0.390. The number of hydrogen-bond donors (Lipinski definition) is 0. The first-order valence-electron chi connectivity index (χ1n) is 6.94. The van der Waals surface area contributed by atoms with E-state index in [1.165, 1.54) is 0 Å². The quantitative estimate of drug-likeness (QED) is 0.769. The summed E-state index contributed by atoms with van der Waals surface area (Å²) < 4.78 is 1.82. The van der Waals surface area contributed by atoms with Gasteiger partial charge in [0.15, 0.2) is 0 Å². The first-order valence-corrected chi connectivity index (χ1v) is 8.52. The second kappa shape index (κ2) is 7.05. The molecule has 3 nitrogen and oxygen atoms in total. The van der Waals surface area contributed by atoms with Gasteiger partial charge < -0.3 is 4.90 Å². The van der Waals surface area contributed by atoms with Gasteiger partial charge in [-0.3, -0.25) is 9.69 Å². The number of rotatable bonds is 3. The van der Waals surface area contributed by atoms with Crippen LogP contribution in [0.5, 0.6) is 0 Å². The molecule has 20 heavy (non-hydrogen) atoms. The van der Waals surface area contributed by atoms with Crippen LogP contribution >= 0.6 is 31.9 Å². The fourth-order valence-electron chi connectivity index (χ4n) is 2.48. The summed E-state index contributed by atoms with van der Waals surface area (Å²) in [6.45, 7) is 9.15. The second-order valence-electron chi connectivity index (χ2n) is 5.61. The molecule has 1 aromatic carbocycles. The van der Waals surface area contributed by atoms with Gasteiger partial charge in [0, 0.05) is 41.7 Å². The molecular formula is C15H20Br2N2O. The van der Waals surface area contributed by atoms with Crippen LogP contribution in [0.4, 0.5) is 0 Å².